The molecule has 3 aromatic carbocycles. The summed E-state index contributed by atoms with van der Waals surface area (Å²) in [7, 11) is 0. The van der Waals surface area contributed by atoms with E-state index in [1.807, 2.05) is 88.5 Å². The van der Waals surface area contributed by atoms with Gasteiger partial charge in [-0.2, -0.15) is 5.10 Å². The van der Waals surface area contributed by atoms with Crippen molar-refractivity contribution >= 4 is 52.2 Å². The van der Waals surface area contributed by atoms with Crippen LogP contribution in [0.4, 0.5) is 5.82 Å². The number of imide groups is 1. The molecule has 332 valence electrons. The van der Waals surface area contributed by atoms with Crippen LogP contribution in [0.1, 0.15) is 47.6 Å². The summed E-state index contributed by atoms with van der Waals surface area (Å²) >= 11 is 1.65. The third kappa shape index (κ3) is 9.67. The van der Waals surface area contributed by atoms with Gasteiger partial charge in [0.05, 0.1) is 24.6 Å². The second-order valence-electron chi connectivity index (χ2n) is 16.5. The number of nitrogens with two attached hydrogens (primary N) is 1. The zero-order chi connectivity index (χ0) is 44.0. The number of para-hydroxylation sites is 1. The van der Waals surface area contributed by atoms with Crippen LogP contribution in [0, 0.1) is 0 Å². The molecule has 17 heteroatoms. The van der Waals surface area contributed by atoms with Crippen molar-refractivity contribution in [1.29, 1.82) is 0 Å². The number of amides is 4. The summed E-state index contributed by atoms with van der Waals surface area (Å²) in [4.78, 5) is 68.9. The minimum Gasteiger partial charge on any atom is -0.457 e. The summed E-state index contributed by atoms with van der Waals surface area (Å²) in [5.74, 6) is 1.72. The fourth-order valence-electron chi connectivity index (χ4n) is 8.91. The second-order valence-corrected chi connectivity index (χ2v) is 17.6. The number of aromatic nitrogens is 4. The summed E-state index contributed by atoms with van der Waals surface area (Å²) < 4.78 is 13.9. The Hall–Kier alpha value is -6.14. The van der Waals surface area contributed by atoms with Crippen molar-refractivity contribution in [2.24, 2.45) is 0 Å². The molecular weight excluding hydrogens is 833 g/mol. The second kappa shape index (κ2) is 19.7. The lowest BCUT2D eigenvalue weighted by atomic mass is 10.0. The topological polar surface area (TPSA) is 181 Å². The van der Waals surface area contributed by atoms with Crippen LogP contribution in [0.25, 0.3) is 22.3 Å². The maximum Gasteiger partial charge on any atom is 0.255 e. The van der Waals surface area contributed by atoms with Crippen LogP contribution in [0.15, 0.2) is 96.2 Å². The average Bonchev–Trinajstić information content (AvgIpc) is 3.88. The standard InChI is InChI=1S/C47H52N10O6S/c48-44-42-43(32-13-15-35(16-14-32)63-34-8-2-1-3-9-34)52-57(45(42)50-31-49-44)33-7-5-20-55(29-33)41(59)12-6-19-53-21-23-54(24-22-53)25-26-62-27-28-64-39-11-4-10-36-37(39)30-56(47(36)61)38-17-18-40(58)51-46(38)60/h1-4,6,8-16,31,33,38H,5,7,17-30H2,(H2,48,49,50)(H,51,58,60)/b12-6+/t33-,38?/m1/s1. The molecule has 4 aliphatic rings. The molecule has 3 N–H and O–H groups in total. The van der Waals surface area contributed by atoms with Gasteiger partial charge >= 0.3 is 0 Å². The molecule has 6 heterocycles. The fraction of sp³-hybridized carbons (Fsp3) is 0.383. The van der Waals surface area contributed by atoms with E-state index in [2.05, 4.69) is 25.1 Å². The van der Waals surface area contributed by atoms with Gasteiger partial charge in [-0.05, 0) is 73.4 Å². The van der Waals surface area contributed by atoms with E-state index in [-0.39, 0.29) is 30.2 Å². The monoisotopic (exact) mass is 884 g/mol. The van der Waals surface area contributed by atoms with E-state index in [0.29, 0.717) is 79.7 Å². The minimum atomic E-state index is -0.622. The Bertz CT molecular complexity index is 2530. The van der Waals surface area contributed by atoms with Crippen LogP contribution in [0.5, 0.6) is 11.5 Å². The molecule has 4 amide bonds. The molecule has 16 nitrogen and oxygen atoms in total. The molecular formula is C47H52N10O6S. The summed E-state index contributed by atoms with van der Waals surface area (Å²) in [6.07, 6.45) is 7.45. The first-order chi connectivity index (χ1) is 31.3. The summed E-state index contributed by atoms with van der Waals surface area (Å²) in [5, 5.41) is 8.10. The van der Waals surface area contributed by atoms with Crippen molar-refractivity contribution in [3.05, 3.63) is 102 Å². The largest absolute Gasteiger partial charge is 0.457 e. The van der Waals surface area contributed by atoms with E-state index < -0.39 is 11.9 Å². The Labute approximate surface area is 375 Å². The number of piperazine rings is 1. The van der Waals surface area contributed by atoms with Crippen LogP contribution in [-0.4, -0.2) is 140 Å². The molecule has 0 saturated carbocycles. The van der Waals surface area contributed by atoms with Crippen LogP contribution in [0.3, 0.4) is 0 Å². The number of nitrogens with one attached hydrogen (secondary N) is 1. The van der Waals surface area contributed by atoms with Crippen molar-refractivity contribution < 1.29 is 28.7 Å². The lowest BCUT2D eigenvalue weighted by Crippen LogP contribution is -2.52. The number of hydrogen-bond acceptors (Lipinski definition) is 13. The molecule has 0 bridgehead atoms. The van der Waals surface area contributed by atoms with E-state index >= 15 is 0 Å². The van der Waals surface area contributed by atoms with Gasteiger partial charge in [0, 0.05) is 93.2 Å². The molecule has 0 radical (unpaired) electrons. The Morgan fingerprint density at radius 2 is 1.69 bits per heavy atom. The molecule has 1 unspecified atom stereocenters. The number of fused-ring (bicyclic) bond motifs is 2. The number of hydrogen-bond donors (Lipinski definition) is 2. The van der Waals surface area contributed by atoms with Crippen molar-refractivity contribution in [3.63, 3.8) is 0 Å². The van der Waals surface area contributed by atoms with Gasteiger partial charge in [-0.3, -0.25) is 34.3 Å². The number of thioether (sulfide) groups is 1. The number of nitrogens with zero attached hydrogens (tertiary/aromatic N) is 8. The number of carbonyl (C=O) groups is 4. The van der Waals surface area contributed by atoms with Gasteiger partial charge in [-0.1, -0.05) is 30.3 Å². The Morgan fingerprint density at radius 3 is 2.50 bits per heavy atom. The zero-order valence-electron chi connectivity index (χ0n) is 35.6. The summed E-state index contributed by atoms with van der Waals surface area (Å²) in [6, 6.07) is 22.4. The number of carbonyl (C=O) groups excluding carboxylic acids is 4. The van der Waals surface area contributed by atoms with Crippen LogP contribution in [-0.2, 0) is 25.7 Å². The van der Waals surface area contributed by atoms with Crippen LogP contribution >= 0.6 is 11.8 Å². The molecule has 3 fully saturated rings. The quantitative estimate of drug-likeness (QED) is 0.0636. The smallest absolute Gasteiger partial charge is 0.255 e. The van der Waals surface area contributed by atoms with E-state index in [4.69, 9.17) is 20.3 Å². The first kappa shape index (κ1) is 43.1. The van der Waals surface area contributed by atoms with Gasteiger partial charge in [0.2, 0.25) is 17.7 Å². The van der Waals surface area contributed by atoms with E-state index in [1.54, 1.807) is 22.7 Å². The first-order valence-corrected chi connectivity index (χ1v) is 23.0. The van der Waals surface area contributed by atoms with Gasteiger partial charge in [0.15, 0.2) is 5.65 Å². The van der Waals surface area contributed by atoms with Gasteiger partial charge < -0.3 is 25.0 Å². The molecule has 0 aliphatic carbocycles. The first-order valence-electron chi connectivity index (χ1n) is 22.0. The molecule has 4 aliphatic heterocycles. The Morgan fingerprint density at radius 1 is 0.891 bits per heavy atom. The van der Waals surface area contributed by atoms with Crippen molar-refractivity contribution in [2.75, 3.05) is 77.1 Å². The summed E-state index contributed by atoms with van der Waals surface area (Å²) in [5.41, 5.74) is 10.2. The number of rotatable bonds is 15. The number of piperidine rings is 2. The molecule has 64 heavy (non-hydrogen) atoms. The third-order valence-electron chi connectivity index (χ3n) is 12.3. The predicted molar refractivity (Wildman–Crippen MR) is 243 cm³/mol. The van der Waals surface area contributed by atoms with Crippen LogP contribution < -0.4 is 15.8 Å². The molecule has 3 saturated heterocycles. The summed E-state index contributed by atoms with van der Waals surface area (Å²) in [6.45, 7) is 8.04. The molecule has 0 spiro atoms. The van der Waals surface area contributed by atoms with Crippen molar-refractivity contribution in [1.82, 2.24) is 44.7 Å². The maximum atomic E-state index is 13.5. The number of likely N-dealkylation sites (tertiary alicyclic amines) is 1. The lowest BCUT2D eigenvalue weighted by Gasteiger charge is -2.34. The molecule has 2 atom stereocenters. The Kier molecular flexibility index (Phi) is 13.3. The highest BCUT2D eigenvalue weighted by Crippen LogP contribution is 2.36. The average molecular weight is 885 g/mol. The zero-order valence-corrected chi connectivity index (χ0v) is 36.5. The Balaban J connectivity index is 0.700. The van der Waals surface area contributed by atoms with E-state index in [9.17, 15) is 19.2 Å². The number of benzene rings is 3. The highest BCUT2D eigenvalue weighted by Gasteiger charge is 2.40. The van der Waals surface area contributed by atoms with Crippen molar-refractivity contribution in [3.8, 4) is 22.8 Å². The minimum absolute atomic E-state index is 0.00202. The van der Waals surface area contributed by atoms with E-state index in [1.165, 1.54) is 6.33 Å². The van der Waals surface area contributed by atoms with Gasteiger partial charge in [0.1, 0.15) is 35.4 Å². The van der Waals surface area contributed by atoms with Gasteiger partial charge in [-0.15, -0.1) is 11.8 Å². The molecule has 9 rings (SSSR count). The number of anilines is 1. The molecule has 5 aromatic rings. The maximum absolute atomic E-state index is 13.5. The number of ether oxygens (including phenoxy) is 2. The van der Waals surface area contributed by atoms with Crippen LogP contribution in [0.2, 0.25) is 0 Å². The SMILES string of the molecule is Nc1ncnc2c1c(-c1ccc(Oc3ccccc3)cc1)nn2[C@@H]1CCCN(C(=O)/C=C/CN2CCN(CCOCCSc3cccc4c3CN(C3CCC(=O)NC3=O)C4=O)CC2)C1. The molecule has 2 aromatic heterocycles. The third-order valence-corrected chi connectivity index (χ3v) is 13.4. The number of nitrogen functional groups attached to an aromatic ring is 1. The van der Waals surface area contributed by atoms with E-state index in [0.717, 1.165) is 73.1 Å². The normalized spacial score (nSPS) is 19.7. The highest BCUT2D eigenvalue weighted by molar-refractivity contribution is 7.99. The van der Waals surface area contributed by atoms with Gasteiger partial charge in [-0.25, -0.2) is 14.6 Å². The highest BCUT2D eigenvalue weighted by atomic mass is 32.2. The van der Waals surface area contributed by atoms with Gasteiger partial charge in [0.25, 0.3) is 5.91 Å². The predicted octanol–water partition coefficient (Wildman–Crippen LogP) is 4.78. The lowest BCUT2D eigenvalue weighted by molar-refractivity contribution is -0.137. The van der Waals surface area contributed by atoms with Crippen molar-refractivity contribution in [2.45, 2.75) is 49.2 Å². The fourth-order valence-corrected chi connectivity index (χ4v) is 9.86.